The molecule has 2 rings (SSSR count). The van der Waals surface area contributed by atoms with Crippen LogP contribution in [0.2, 0.25) is 5.02 Å². The Labute approximate surface area is 131 Å². The summed E-state index contributed by atoms with van der Waals surface area (Å²) in [6.07, 6.45) is 2.21. The van der Waals surface area contributed by atoms with E-state index in [1.54, 1.807) is 23.9 Å². The maximum absolute atomic E-state index is 11.3. The standard InChI is InChI=1S/C14H16ClN3O4/c1-17-7-9(4-8(2-3-16)14(19)20)13-11(17)5-10(15)6-12(13)18(21)22/h5-8H,2-4,16H2,1H3,(H,19,20). The molecule has 3 N–H and O–H groups in total. The molecule has 0 saturated carbocycles. The number of rotatable bonds is 6. The van der Waals surface area contributed by atoms with Crippen LogP contribution in [0.1, 0.15) is 12.0 Å². The van der Waals surface area contributed by atoms with Gasteiger partial charge in [0.15, 0.2) is 0 Å². The molecule has 1 atom stereocenters. The van der Waals surface area contributed by atoms with Crippen molar-refractivity contribution in [2.45, 2.75) is 12.8 Å². The van der Waals surface area contributed by atoms with Gasteiger partial charge in [0.1, 0.15) is 0 Å². The number of nitrogens with two attached hydrogens (primary N) is 1. The van der Waals surface area contributed by atoms with E-state index in [-0.39, 0.29) is 23.7 Å². The molecule has 22 heavy (non-hydrogen) atoms. The van der Waals surface area contributed by atoms with Gasteiger partial charge in [-0.3, -0.25) is 14.9 Å². The smallest absolute Gasteiger partial charge is 0.306 e. The van der Waals surface area contributed by atoms with Crippen LogP contribution in [0.15, 0.2) is 18.3 Å². The fraction of sp³-hybridized carbons (Fsp3) is 0.357. The van der Waals surface area contributed by atoms with Gasteiger partial charge < -0.3 is 15.4 Å². The number of carboxylic acid groups (broad SMARTS) is 1. The number of non-ortho nitro benzene ring substituents is 1. The van der Waals surface area contributed by atoms with E-state index in [2.05, 4.69) is 0 Å². The second-order valence-corrected chi connectivity index (χ2v) is 5.59. The normalized spacial score (nSPS) is 12.5. The molecule has 0 bridgehead atoms. The van der Waals surface area contributed by atoms with Gasteiger partial charge in [-0.2, -0.15) is 0 Å². The first kappa shape index (κ1) is 16.3. The van der Waals surface area contributed by atoms with E-state index in [0.717, 1.165) is 0 Å². The Morgan fingerprint density at radius 3 is 2.77 bits per heavy atom. The van der Waals surface area contributed by atoms with Crippen LogP contribution in [-0.4, -0.2) is 27.1 Å². The lowest BCUT2D eigenvalue weighted by molar-refractivity contribution is -0.383. The lowest BCUT2D eigenvalue weighted by atomic mass is 9.95. The summed E-state index contributed by atoms with van der Waals surface area (Å²) in [7, 11) is 1.74. The van der Waals surface area contributed by atoms with Crippen molar-refractivity contribution in [1.82, 2.24) is 4.57 Å². The van der Waals surface area contributed by atoms with Gasteiger partial charge in [0.05, 0.1) is 21.7 Å². The number of aliphatic carboxylic acids is 1. The van der Waals surface area contributed by atoms with Crippen LogP contribution in [0.25, 0.3) is 10.9 Å². The van der Waals surface area contributed by atoms with E-state index in [0.29, 0.717) is 22.9 Å². The number of hydrogen-bond donors (Lipinski definition) is 2. The number of aryl methyl sites for hydroxylation is 1. The van der Waals surface area contributed by atoms with Crippen molar-refractivity contribution >= 4 is 34.2 Å². The minimum absolute atomic E-state index is 0.116. The van der Waals surface area contributed by atoms with Crippen LogP contribution >= 0.6 is 11.6 Å². The highest BCUT2D eigenvalue weighted by Crippen LogP contribution is 2.34. The molecule has 0 amide bonds. The molecule has 1 unspecified atom stereocenters. The van der Waals surface area contributed by atoms with Crippen molar-refractivity contribution in [3.05, 3.63) is 39.0 Å². The Hall–Kier alpha value is -2.12. The van der Waals surface area contributed by atoms with E-state index in [1.807, 2.05) is 0 Å². The van der Waals surface area contributed by atoms with Crippen LogP contribution in [0.3, 0.4) is 0 Å². The highest BCUT2D eigenvalue weighted by molar-refractivity contribution is 6.31. The molecule has 0 fully saturated rings. The first-order valence-electron chi connectivity index (χ1n) is 6.69. The molecule has 7 nitrogen and oxygen atoms in total. The molecule has 1 heterocycles. The Morgan fingerprint density at radius 2 is 2.23 bits per heavy atom. The van der Waals surface area contributed by atoms with E-state index >= 15 is 0 Å². The van der Waals surface area contributed by atoms with Crippen LogP contribution in [0, 0.1) is 16.0 Å². The van der Waals surface area contributed by atoms with Gasteiger partial charge in [0.2, 0.25) is 0 Å². The van der Waals surface area contributed by atoms with Crippen LogP contribution in [-0.2, 0) is 18.3 Å². The Balaban J connectivity index is 2.59. The summed E-state index contributed by atoms with van der Waals surface area (Å²) >= 11 is 5.93. The van der Waals surface area contributed by atoms with Crippen LogP contribution in [0.4, 0.5) is 5.69 Å². The summed E-state index contributed by atoms with van der Waals surface area (Å²) < 4.78 is 1.71. The van der Waals surface area contributed by atoms with Crippen LogP contribution < -0.4 is 5.73 Å². The Morgan fingerprint density at radius 1 is 1.55 bits per heavy atom. The largest absolute Gasteiger partial charge is 0.481 e. The van der Waals surface area contributed by atoms with Crippen LogP contribution in [0.5, 0.6) is 0 Å². The Kier molecular flexibility index (Phi) is 4.68. The average Bonchev–Trinajstić information content (AvgIpc) is 2.73. The molecule has 1 aromatic heterocycles. The summed E-state index contributed by atoms with van der Waals surface area (Å²) in [6.45, 7) is 0.246. The molecule has 0 saturated heterocycles. The number of carbonyl (C=O) groups is 1. The number of benzene rings is 1. The number of nitrogens with zero attached hydrogens (tertiary/aromatic N) is 2. The molecule has 8 heteroatoms. The van der Waals surface area contributed by atoms with Gasteiger partial charge in [0, 0.05) is 24.3 Å². The van der Waals surface area contributed by atoms with Gasteiger partial charge in [-0.05, 0) is 31.0 Å². The quantitative estimate of drug-likeness (QED) is 0.625. The highest BCUT2D eigenvalue weighted by atomic mass is 35.5. The lowest BCUT2D eigenvalue weighted by Gasteiger charge is -2.10. The number of nitro groups is 1. The highest BCUT2D eigenvalue weighted by Gasteiger charge is 2.24. The van der Waals surface area contributed by atoms with Gasteiger partial charge in [-0.25, -0.2) is 0 Å². The second kappa shape index (κ2) is 6.33. The van der Waals surface area contributed by atoms with Gasteiger partial charge >= 0.3 is 5.97 Å². The third-order valence-electron chi connectivity index (χ3n) is 3.64. The van der Waals surface area contributed by atoms with Crippen molar-refractivity contribution in [3.8, 4) is 0 Å². The summed E-state index contributed by atoms with van der Waals surface area (Å²) in [4.78, 5) is 22.1. The van der Waals surface area contributed by atoms with E-state index in [9.17, 15) is 20.0 Å². The molecule has 0 aliphatic rings. The second-order valence-electron chi connectivity index (χ2n) is 5.16. The van der Waals surface area contributed by atoms with Gasteiger partial charge in [-0.1, -0.05) is 11.6 Å². The summed E-state index contributed by atoms with van der Waals surface area (Å²) in [6, 6.07) is 2.91. The van der Waals surface area contributed by atoms with Crippen molar-refractivity contribution < 1.29 is 14.8 Å². The molecule has 0 radical (unpaired) electrons. The van der Waals surface area contributed by atoms with Crippen molar-refractivity contribution in [2.75, 3.05) is 6.54 Å². The molecule has 118 valence electrons. The van der Waals surface area contributed by atoms with Gasteiger partial charge in [0.25, 0.3) is 5.69 Å². The number of carboxylic acids is 1. The lowest BCUT2D eigenvalue weighted by Crippen LogP contribution is -2.20. The first-order valence-corrected chi connectivity index (χ1v) is 7.07. The minimum Gasteiger partial charge on any atom is -0.481 e. The number of fused-ring (bicyclic) bond motifs is 1. The fourth-order valence-electron chi connectivity index (χ4n) is 2.63. The summed E-state index contributed by atoms with van der Waals surface area (Å²) in [5, 5.41) is 21.2. The zero-order valence-corrected chi connectivity index (χ0v) is 12.7. The topological polar surface area (TPSA) is 111 Å². The maximum atomic E-state index is 11.3. The first-order chi connectivity index (χ1) is 10.3. The summed E-state index contributed by atoms with van der Waals surface area (Å²) in [5.41, 5.74) is 6.54. The molecular weight excluding hydrogens is 310 g/mol. The molecule has 0 aliphatic carbocycles. The van der Waals surface area contributed by atoms with Gasteiger partial charge in [-0.15, -0.1) is 0 Å². The molecule has 2 aromatic rings. The zero-order valence-electron chi connectivity index (χ0n) is 12.0. The zero-order chi connectivity index (χ0) is 16.4. The SMILES string of the molecule is Cn1cc(CC(CCN)C(=O)O)c2c([N+](=O)[O-])cc(Cl)cc21. The monoisotopic (exact) mass is 325 g/mol. The number of hydrogen-bond acceptors (Lipinski definition) is 4. The van der Waals surface area contributed by atoms with Crippen molar-refractivity contribution in [1.29, 1.82) is 0 Å². The molecule has 1 aromatic carbocycles. The van der Waals surface area contributed by atoms with E-state index < -0.39 is 16.8 Å². The third-order valence-corrected chi connectivity index (χ3v) is 3.86. The van der Waals surface area contributed by atoms with E-state index in [4.69, 9.17) is 17.3 Å². The average molecular weight is 326 g/mol. The number of halogens is 1. The molecule has 0 spiro atoms. The third kappa shape index (κ3) is 3.05. The molecule has 0 aliphatic heterocycles. The predicted molar refractivity (Wildman–Crippen MR) is 83.1 cm³/mol. The fourth-order valence-corrected chi connectivity index (χ4v) is 2.84. The summed E-state index contributed by atoms with van der Waals surface area (Å²) in [5.74, 6) is -1.63. The minimum atomic E-state index is -0.959. The number of nitro benzene ring substituents is 1. The van der Waals surface area contributed by atoms with E-state index in [1.165, 1.54) is 6.07 Å². The van der Waals surface area contributed by atoms with Crippen molar-refractivity contribution in [2.24, 2.45) is 18.7 Å². The predicted octanol–water partition coefficient (Wildman–Crippen LogP) is 2.33. The maximum Gasteiger partial charge on any atom is 0.306 e. The molecular formula is C14H16ClN3O4. The Bertz CT molecular complexity index is 741. The number of aromatic nitrogens is 1. The van der Waals surface area contributed by atoms with Crippen molar-refractivity contribution in [3.63, 3.8) is 0 Å².